The Morgan fingerprint density at radius 1 is 1.30 bits per heavy atom. The van der Waals surface area contributed by atoms with Crippen LogP contribution >= 0.6 is 0 Å². The van der Waals surface area contributed by atoms with Crippen molar-refractivity contribution in [1.29, 1.82) is 0 Å². The molecule has 0 aromatic heterocycles. The van der Waals surface area contributed by atoms with Gasteiger partial charge in [0.2, 0.25) is 9.84 Å². The molecular weight excluding hydrogens is 314 g/mol. The van der Waals surface area contributed by atoms with Gasteiger partial charge in [0.1, 0.15) is 0 Å². The largest absolute Gasteiger partial charge is 0.465 e. The van der Waals surface area contributed by atoms with Crippen LogP contribution in [0.3, 0.4) is 0 Å². The molecule has 1 aromatic carbocycles. The monoisotopic (exact) mass is 335 g/mol. The molecule has 0 fully saturated rings. The molecule has 0 aliphatic heterocycles. The van der Waals surface area contributed by atoms with Crippen LogP contribution in [0.4, 0.5) is 0 Å². The van der Waals surface area contributed by atoms with Crippen molar-refractivity contribution in [1.82, 2.24) is 4.90 Å². The van der Waals surface area contributed by atoms with Crippen LogP contribution < -0.4 is 0 Å². The maximum absolute atomic E-state index is 12.6. The van der Waals surface area contributed by atoms with Crippen LogP contribution in [0.5, 0.6) is 0 Å². The van der Waals surface area contributed by atoms with Crippen molar-refractivity contribution in [2.45, 2.75) is 11.8 Å². The fourth-order valence-corrected chi connectivity index (χ4v) is 3.06. The number of allylic oxidation sites excluding steroid dienone is 2. The highest BCUT2D eigenvalue weighted by molar-refractivity contribution is 7.96. The first-order valence-corrected chi connectivity index (χ1v) is 8.41. The van der Waals surface area contributed by atoms with E-state index < -0.39 is 20.7 Å². The van der Waals surface area contributed by atoms with E-state index in [1.54, 1.807) is 36.4 Å². The van der Waals surface area contributed by atoms with Crippen molar-refractivity contribution in [2.75, 3.05) is 20.7 Å². The molecule has 6 heteroatoms. The molecule has 124 valence electrons. The Labute approximate surface area is 137 Å². The Kier molecular flexibility index (Phi) is 6.78. The van der Waals surface area contributed by atoms with E-state index >= 15 is 0 Å². The number of sulfone groups is 1. The summed E-state index contributed by atoms with van der Waals surface area (Å²) in [5.41, 5.74) is 0.929. The van der Waals surface area contributed by atoms with Crippen molar-refractivity contribution in [3.8, 4) is 0 Å². The van der Waals surface area contributed by atoms with E-state index in [4.69, 9.17) is 0 Å². The van der Waals surface area contributed by atoms with Crippen molar-refractivity contribution < 1.29 is 17.9 Å². The van der Waals surface area contributed by atoms with Gasteiger partial charge in [-0.05, 0) is 37.4 Å². The lowest BCUT2D eigenvalue weighted by atomic mass is 10.2. The van der Waals surface area contributed by atoms with E-state index in [9.17, 15) is 13.2 Å². The minimum atomic E-state index is -3.94. The number of carbonyl (C=O) groups excluding carboxylic acids is 1. The van der Waals surface area contributed by atoms with Crippen molar-refractivity contribution in [2.24, 2.45) is 0 Å². The molecular formula is C17H21NO4S. The minimum Gasteiger partial charge on any atom is -0.465 e. The zero-order valence-electron chi connectivity index (χ0n) is 13.5. The molecule has 0 saturated carbocycles. The van der Waals surface area contributed by atoms with E-state index in [0.29, 0.717) is 6.54 Å². The van der Waals surface area contributed by atoms with Crippen LogP contribution in [0, 0.1) is 6.92 Å². The third kappa shape index (κ3) is 5.10. The normalized spacial score (nSPS) is 12.2. The van der Waals surface area contributed by atoms with Crippen LogP contribution in [0.1, 0.15) is 5.56 Å². The lowest BCUT2D eigenvalue weighted by Gasteiger charge is -2.10. The third-order valence-electron chi connectivity index (χ3n) is 3.01. The van der Waals surface area contributed by atoms with Crippen molar-refractivity contribution in [3.63, 3.8) is 0 Å². The molecule has 1 aromatic rings. The molecule has 0 aliphatic rings. The predicted octanol–water partition coefficient (Wildman–Crippen LogP) is 2.46. The molecule has 0 unspecified atom stereocenters. The van der Waals surface area contributed by atoms with Gasteiger partial charge in [-0.3, -0.25) is 0 Å². The quantitative estimate of drug-likeness (QED) is 0.331. The number of rotatable bonds is 7. The molecule has 1 rings (SSSR count). The van der Waals surface area contributed by atoms with Gasteiger partial charge in [0.15, 0.2) is 4.91 Å². The maximum Gasteiger partial charge on any atom is 0.349 e. The van der Waals surface area contributed by atoms with Gasteiger partial charge in [-0.15, -0.1) is 6.58 Å². The number of esters is 1. The van der Waals surface area contributed by atoms with Gasteiger partial charge in [0, 0.05) is 13.6 Å². The van der Waals surface area contributed by atoms with Crippen molar-refractivity contribution in [3.05, 3.63) is 65.7 Å². The topological polar surface area (TPSA) is 63.7 Å². The summed E-state index contributed by atoms with van der Waals surface area (Å²) in [5.74, 6) is -0.901. The summed E-state index contributed by atoms with van der Waals surface area (Å²) in [4.78, 5) is 13.3. The van der Waals surface area contributed by atoms with Crippen LogP contribution in [0.2, 0.25) is 0 Å². The summed E-state index contributed by atoms with van der Waals surface area (Å²) < 4.78 is 29.8. The number of aryl methyl sites for hydroxylation is 1. The summed E-state index contributed by atoms with van der Waals surface area (Å²) in [5, 5.41) is 0. The van der Waals surface area contributed by atoms with E-state index in [1.165, 1.54) is 24.3 Å². The highest BCUT2D eigenvalue weighted by atomic mass is 32.2. The highest BCUT2D eigenvalue weighted by Crippen LogP contribution is 2.21. The molecule has 0 amide bonds. The van der Waals surface area contributed by atoms with Crippen molar-refractivity contribution >= 4 is 15.8 Å². The average molecular weight is 335 g/mol. The Morgan fingerprint density at radius 2 is 1.91 bits per heavy atom. The maximum atomic E-state index is 12.6. The standard InChI is InChI=1S/C17H21NO4S/c1-5-12-18(3)13-6-7-16(17(19)22-4)23(20,21)15-10-8-14(2)9-11-15/h5-11,13H,1,12H2,2-4H3/b13-6+,16-7-. The molecule has 5 nitrogen and oxygen atoms in total. The first kappa shape index (κ1) is 18.7. The zero-order chi connectivity index (χ0) is 17.5. The van der Waals surface area contributed by atoms with E-state index in [2.05, 4.69) is 11.3 Å². The second-order valence-electron chi connectivity index (χ2n) is 4.91. The molecule has 0 spiro atoms. The van der Waals surface area contributed by atoms with E-state index in [-0.39, 0.29) is 4.90 Å². The number of nitrogens with zero attached hydrogens (tertiary/aromatic N) is 1. The van der Waals surface area contributed by atoms with Gasteiger partial charge in [-0.25, -0.2) is 13.2 Å². The Balaban J connectivity index is 3.22. The van der Waals surface area contributed by atoms with Gasteiger partial charge in [0.25, 0.3) is 0 Å². The smallest absolute Gasteiger partial charge is 0.349 e. The SMILES string of the molecule is C=CCN(C)/C=C/C=C(/C(=O)OC)S(=O)(=O)c1ccc(C)cc1. The third-order valence-corrected chi connectivity index (χ3v) is 4.79. The molecule has 0 N–H and O–H groups in total. The van der Waals surface area contributed by atoms with Gasteiger partial charge < -0.3 is 9.64 Å². The fourth-order valence-electron chi connectivity index (χ4n) is 1.75. The number of methoxy groups -OCH3 is 1. The zero-order valence-corrected chi connectivity index (χ0v) is 14.3. The summed E-state index contributed by atoms with van der Waals surface area (Å²) >= 11 is 0. The van der Waals surface area contributed by atoms with Gasteiger partial charge in [0.05, 0.1) is 12.0 Å². The Morgan fingerprint density at radius 3 is 2.43 bits per heavy atom. The van der Waals surface area contributed by atoms with Crippen LogP contribution in [-0.4, -0.2) is 40.0 Å². The summed E-state index contributed by atoms with van der Waals surface area (Å²) in [7, 11) is -0.992. The molecule has 0 atom stereocenters. The van der Waals surface area contributed by atoms with Gasteiger partial charge in [-0.2, -0.15) is 0 Å². The summed E-state index contributed by atoms with van der Waals surface area (Å²) in [6.45, 7) is 6.06. The van der Waals surface area contributed by atoms with E-state index in [1.807, 2.05) is 6.92 Å². The summed E-state index contributed by atoms with van der Waals surface area (Å²) in [6.07, 6.45) is 6.08. The molecule has 0 aliphatic carbocycles. The van der Waals surface area contributed by atoms with Crippen LogP contribution in [0.15, 0.2) is 65.1 Å². The Hall–Kier alpha value is -2.34. The second-order valence-corrected chi connectivity index (χ2v) is 6.83. The van der Waals surface area contributed by atoms with Crippen LogP contribution in [0.25, 0.3) is 0 Å². The second kappa shape index (κ2) is 8.33. The highest BCUT2D eigenvalue weighted by Gasteiger charge is 2.27. The number of hydrogen-bond acceptors (Lipinski definition) is 5. The lowest BCUT2D eigenvalue weighted by molar-refractivity contribution is -0.135. The molecule has 0 bridgehead atoms. The molecule has 0 radical (unpaired) electrons. The van der Waals surface area contributed by atoms with Gasteiger partial charge in [-0.1, -0.05) is 23.8 Å². The average Bonchev–Trinajstić information content (AvgIpc) is 2.51. The van der Waals surface area contributed by atoms with Crippen LogP contribution in [-0.2, 0) is 19.4 Å². The minimum absolute atomic E-state index is 0.0487. The number of benzene rings is 1. The Bertz CT molecular complexity index is 715. The number of likely N-dealkylation sites (N-methyl/N-ethyl adjacent to an activating group) is 1. The number of ether oxygens (including phenoxy) is 1. The fraction of sp³-hybridized carbons (Fsp3) is 0.235. The summed E-state index contributed by atoms with van der Waals surface area (Å²) in [6, 6.07) is 6.29. The number of hydrogen-bond donors (Lipinski definition) is 0. The number of carbonyl (C=O) groups is 1. The first-order valence-electron chi connectivity index (χ1n) is 6.92. The molecule has 23 heavy (non-hydrogen) atoms. The first-order chi connectivity index (χ1) is 10.8. The lowest BCUT2D eigenvalue weighted by Crippen LogP contribution is -2.15. The van der Waals surface area contributed by atoms with E-state index in [0.717, 1.165) is 12.7 Å². The predicted molar refractivity (Wildman–Crippen MR) is 90.4 cm³/mol. The molecule has 0 heterocycles. The molecule has 0 saturated heterocycles. The van der Waals surface area contributed by atoms with Gasteiger partial charge >= 0.3 is 5.97 Å².